The van der Waals surface area contributed by atoms with E-state index in [-0.39, 0.29) is 36.1 Å². The van der Waals surface area contributed by atoms with Crippen LogP contribution < -0.4 is 16.4 Å². The molecule has 0 unspecified atom stereocenters. The Morgan fingerprint density at radius 3 is 2.54 bits per heavy atom. The molecule has 3 rings (SSSR count). The Labute approximate surface area is 157 Å². The molecule has 140 valence electrons. The maximum atomic E-state index is 12.1. The molecule has 0 bridgehead atoms. The number of ether oxygens (including phenoxy) is 1. The van der Waals surface area contributed by atoms with Crippen LogP contribution >= 0.6 is 12.4 Å². The summed E-state index contributed by atoms with van der Waals surface area (Å²) < 4.78 is 10.6. The van der Waals surface area contributed by atoms with Crippen molar-refractivity contribution < 1.29 is 18.7 Å². The molecule has 0 saturated carbocycles. The van der Waals surface area contributed by atoms with Crippen LogP contribution in [0.1, 0.15) is 29.0 Å². The largest absolute Gasteiger partial charge is 0.459 e. The lowest BCUT2D eigenvalue weighted by Gasteiger charge is -2.13. The molecule has 1 aromatic heterocycles. The number of anilines is 1. The summed E-state index contributed by atoms with van der Waals surface area (Å²) >= 11 is 0. The molecule has 2 amide bonds. The molecule has 2 heterocycles. The molecule has 1 aliphatic rings. The summed E-state index contributed by atoms with van der Waals surface area (Å²) in [5.74, 6) is -0.172. The van der Waals surface area contributed by atoms with Crippen molar-refractivity contribution >= 4 is 29.9 Å². The van der Waals surface area contributed by atoms with E-state index >= 15 is 0 Å². The summed E-state index contributed by atoms with van der Waals surface area (Å²) in [6, 6.07) is 10.5. The first-order valence-electron chi connectivity index (χ1n) is 8.22. The molecule has 4 N–H and O–H groups in total. The predicted molar refractivity (Wildman–Crippen MR) is 99.1 cm³/mol. The van der Waals surface area contributed by atoms with Gasteiger partial charge in [0.15, 0.2) is 5.76 Å². The zero-order chi connectivity index (χ0) is 17.6. The molecule has 2 atom stereocenters. The molecule has 0 aliphatic carbocycles. The number of furan rings is 1. The van der Waals surface area contributed by atoms with Crippen LogP contribution in [-0.4, -0.2) is 30.6 Å². The number of amides is 2. The van der Waals surface area contributed by atoms with Crippen LogP contribution in [0.3, 0.4) is 0 Å². The van der Waals surface area contributed by atoms with Crippen LogP contribution in [0, 0.1) is 0 Å². The van der Waals surface area contributed by atoms with Gasteiger partial charge in [-0.05, 0) is 42.7 Å². The minimum atomic E-state index is -0.416. The van der Waals surface area contributed by atoms with Gasteiger partial charge in [-0.2, -0.15) is 0 Å². The lowest BCUT2D eigenvalue weighted by molar-refractivity contribution is -0.132. The van der Waals surface area contributed by atoms with Crippen LogP contribution in [0.2, 0.25) is 0 Å². The summed E-state index contributed by atoms with van der Waals surface area (Å²) in [5, 5.41) is 5.60. The summed E-state index contributed by atoms with van der Waals surface area (Å²) in [4.78, 5) is 24.0. The van der Waals surface area contributed by atoms with Gasteiger partial charge in [-0.3, -0.25) is 9.59 Å². The molecule has 7 nitrogen and oxygen atoms in total. The number of hydrogen-bond acceptors (Lipinski definition) is 5. The Bertz CT molecular complexity index is 719. The molecule has 8 heteroatoms. The van der Waals surface area contributed by atoms with Crippen LogP contribution in [0.15, 0.2) is 47.1 Å². The zero-order valence-electron chi connectivity index (χ0n) is 14.1. The maximum Gasteiger partial charge on any atom is 0.291 e. The van der Waals surface area contributed by atoms with Gasteiger partial charge in [0, 0.05) is 18.8 Å². The molecular formula is C18H22ClN3O4. The standard InChI is InChI=1S/C18H21N3O4.ClH/c19-10-14-7-8-16(25-14)17(22)20-11-12-3-5-13(6-4-12)21-18(23)15-2-1-9-24-15;/h1-6,9,14,16H,7-8,10-11,19H2,(H,20,22)(H,21,23);1H/t14-,16+;/m1./s1. The van der Waals surface area contributed by atoms with Gasteiger partial charge in [-0.1, -0.05) is 12.1 Å². The fourth-order valence-electron chi connectivity index (χ4n) is 2.68. The van der Waals surface area contributed by atoms with Crippen LogP contribution in [-0.2, 0) is 16.1 Å². The third kappa shape index (κ3) is 5.08. The third-order valence-corrected chi connectivity index (χ3v) is 4.09. The molecular weight excluding hydrogens is 358 g/mol. The Balaban J connectivity index is 0.00000243. The smallest absolute Gasteiger partial charge is 0.291 e. The number of nitrogens with one attached hydrogen (secondary N) is 2. The number of carbonyl (C=O) groups excluding carboxylic acids is 2. The van der Waals surface area contributed by atoms with E-state index in [1.807, 2.05) is 12.1 Å². The fourth-order valence-corrected chi connectivity index (χ4v) is 2.68. The molecule has 0 radical (unpaired) electrons. The Hall–Kier alpha value is -2.35. The molecule has 1 aromatic carbocycles. The van der Waals surface area contributed by atoms with Crippen LogP contribution in [0.5, 0.6) is 0 Å². The molecule has 2 aromatic rings. The van der Waals surface area contributed by atoms with Crippen molar-refractivity contribution in [1.82, 2.24) is 5.32 Å². The van der Waals surface area contributed by atoms with E-state index in [0.717, 1.165) is 12.0 Å². The van der Waals surface area contributed by atoms with Gasteiger partial charge in [0.1, 0.15) is 6.10 Å². The third-order valence-electron chi connectivity index (χ3n) is 4.09. The number of rotatable bonds is 6. The highest BCUT2D eigenvalue weighted by atomic mass is 35.5. The second-order valence-corrected chi connectivity index (χ2v) is 5.91. The van der Waals surface area contributed by atoms with Crippen molar-refractivity contribution in [1.29, 1.82) is 0 Å². The highest BCUT2D eigenvalue weighted by Gasteiger charge is 2.29. The van der Waals surface area contributed by atoms with E-state index in [2.05, 4.69) is 10.6 Å². The van der Waals surface area contributed by atoms with Gasteiger partial charge in [0.25, 0.3) is 5.91 Å². The van der Waals surface area contributed by atoms with Crippen molar-refractivity contribution in [3.8, 4) is 0 Å². The molecule has 26 heavy (non-hydrogen) atoms. The van der Waals surface area contributed by atoms with Crippen molar-refractivity contribution in [3.63, 3.8) is 0 Å². The number of carbonyl (C=O) groups is 2. The molecule has 1 fully saturated rings. The Kier molecular flexibility index (Phi) is 7.20. The van der Waals surface area contributed by atoms with Crippen molar-refractivity contribution in [2.24, 2.45) is 5.73 Å². The quantitative estimate of drug-likeness (QED) is 0.712. The molecule has 0 spiro atoms. The number of nitrogens with two attached hydrogens (primary N) is 1. The van der Waals surface area contributed by atoms with Gasteiger partial charge in [-0.15, -0.1) is 12.4 Å². The highest BCUT2D eigenvalue weighted by molar-refractivity contribution is 6.02. The first-order valence-corrected chi connectivity index (χ1v) is 8.22. The van der Waals surface area contributed by atoms with Crippen molar-refractivity contribution in [2.45, 2.75) is 31.6 Å². The number of benzene rings is 1. The van der Waals surface area contributed by atoms with Crippen LogP contribution in [0.4, 0.5) is 5.69 Å². The summed E-state index contributed by atoms with van der Waals surface area (Å²) in [7, 11) is 0. The van der Waals surface area contributed by atoms with Crippen LogP contribution in [0.25, 0.3) is 0 Å². The normalized spacial score (nSPS) is 18.8. The minimum absolute atomic E-state index is 0. The SMILES string of the molecule is Cl.NC[C@H]1CC[C@@H](C(=O)NCc2ccc(NC(=O)c3ccco3)cc2)O1. The summed E-state index contributed by atoms with van der Waals surface area (Å²) in [6.45, 7) is 0.841. The fraction of sp³-hybridized carbons (Fsp3) is 0.333. The lowest BCUT2D eigenvalue weighted by Crippen LogP contribution is -2.35. The van der Waals surface area contributed by atoms with Gasteiger partial charge in [-0.25, -0.2) is 0 Å². The number of hydrogen-bond donors (Lipinski definition) is 3. The van der Waals surface area contributed by atoms with E-state index < -0.39 is 6.10 Å². The first-order chi connectivity index (χ1) is 12.2. The second kappa shape index (κ2) is 9.38. The molecule has 1 saturated heterocycles. The first kappa shape index (κ1) is 20.0. The minimum Gasteiger partial charge on any atom is -0.459 e. The highest BCUT2D eigenvalue weighted by Crippen LogP contribution is 2.19. The lowest BCUT2D eigenvalue weighted by atomic mass is 10.1. The zero-order valence-corrected chi connectivity index (χ0v) is 15.0. The Morgan fingerprint density at radius 2 is 1.92 bits per heavy atom. The average Bonchev–Trinajstić information content (AvgIpc) is 3.32. The van der Waals surface area contributed by atoms with E-state index in [1.54, 1.807) is 24.3 Å². The monoisotopic (exact) mass is 379 g/mol. The van der Waals surface area contributed by atoms with E-state index in [9.17, 15) is 9.59 Å². The predicted octanol–water partition coefficient (Wildman–Crippen LogP) is 2.08. The van der Waals surface area contributed by atoms with Crippen molar-refractivity contribution in [3.05, 3.63) is 54.0 Å². The maximum absolute atomic E-state index is 12.1. The number of halogens is 1. The van der Waals surface area contributed by atoms with Gasteiger partial charge < -0.3 is 25.5 Å². The molecule has 1 aliphatic heterocycles. The summed E-state index contributed by atoms with van der Waals surface area (Å²) in [5.41, 5.74) is 7.13. The Morgan fingerprint density at radius 1 is 1.15 bits per heavy atom. The van der Waals surface area contributed by atoms with E-state index in [1.165, 1.54) is 6.26 Å². The topological polar surface area (TPSA) is 107 Å². The average molecular weight is 380 g/mol. The van der Waals surface area contributed by atoms with Crippen molar-refractivity contribution in [2.75, 3.05) is 11.9 Å². The summed E-state index contributed by atoms with van der Waals surface area (Å²) in [6.07, 6.45) is 2.53. The van der Waals surface area contributed by atoms with E-state index in [0.29, 0.717) is 25.2 Å². The van der Waals surface area contributed by atoms with Gasteiger partial charge >= 0.3 is 0 Å². The van der Waals surface area contributed by atoms with Gasteiger partial charge in [0.2, 0.25) is 5.91 Å². The van der Waals surface area contributed by atoms with E-state index in [4.69, 9.17) is 14.9 Å². The second-order valence-electron chi connectivity index (χ2n) is 5.91. The van der Waals surface area contributed by atoms with Gasteiger partial charge in [0.05, 0.1) is 12.4 Å².